The van der Waals surface area contributed by atoms with E-state index >= 15 is 0 Å². The molecule has 1 saturated carbocycles. The van der Waals surface area contributed by atoms with Crippen LogP contribution in [0.1, 0.15) is 28.5 Å². The minimum absolute atomic E-state index is 0. The highest BCUT2D eigenvalue weighted by Crippen LogP contribution is 2.34. The lowest BCUT2D eigenvalue weighted by atomic mass is 9.92. The Labute approximate surface area is 214 Å². The number of para-hydroxylation sites is 1. The van der Waals surface area contributed by atoms with Crippen molar-refractivity contribution in [1.82, 2.24) is 19.9 Å². The molecule has 0 radical (unpaired) electrons. The summed E-state index contributed by atoms with van der Waals surface area (Å²) in [7, 11) is 5.96. The number of pyridine rings is 1. The van der Waals surface area contributed by atoms with Crippen LogP contribution in [0.25, 0.3) is 10.9 Å². The molecular weight excluding hydrogens is 452 g/mol. The zero-order valence-corrected chi connectivity index (χ0v) is 20.9. The fourth-order valence-electron chi connectivity index (χ4n) is 4.61. The first-order chi connectivity index (χ1) is 17.6. The van der Waals surface area contributed by atoms with Crippen molar-refractivity contribution >= 4 is 34.0 Å². The van der Waals surface area contributed by atoms with Gasteiger partial charge in [0.05, 0.1) is 30.6 Å². The van der Waals surface area contributed by atoms with E-state index in [0.717, 1.165) is 53.7 Å². The number of benzene rings is 2. The first kappa shape index (κ1) is 23.8. The zero-order valence-electron chi connectivity index (χ0n) is 20.9. The molecule has 0 atom stereocenters. The maximum absolute atomic E-state index is 6.31. The Morgan fingerprint density at radius 2 is 1.72 bits per heavy atom. The van der Waals surface area contributed by atoms with Crippen LogP contribution in [0.5, 0.6) is 11.5 Å². The van der Waals surface area contributed by atoms with Crippen LogP contribution < -0.4 is 20.1 Å². The molecule has 2 aromatic heterocycles. The summed E-state index contributed by atoms with van der Waals surface area (Å²) in [5, 5.41) is 7.64. The first-order valence-corrected chi connectivity index (χ1v) is 12.3. The summed E-state index contributed by atoms with van der Waals surface area (Å²) in [5.41, 5.74) is 2.64. The average molecular weight is 489 g/mol. The highest BCUT2D eigenvalue weighted by Gasteiger charge is 2.24. The molecule has 5 rings (SSSR count). The number of ether oxygens (including phenoxy) is 2. The van der Waals surface area contributed by atoms with Crippen LogP contribution in [0.2, 0.25) is 0 Å². The van der Waals surface area contributed by atoms with E-state index in [2.05, 4.69) is 44.6 Å². The van der Waals surface area contributed by atoms with E-state index in [0.29, 0.717) is 23.6 Å². The first-order valence-electron chi connectivity index (χ1n) is 12.3. The van der Waals surface area contributed by atoms with E-state index in [-0.39, 0.29) is 8.96 Å². The van der Waals surface area contributed by atoms with E-state index in [1.807, 2.05) is 54.6 Å². The largest absolute Gasteiger partial charge is 0.493 e. The SMILES string of the molecule is COc1cc(Nc2nccc(Nc3cnc4ccccc4c3)n2)ccc1OC1CCC(N(C)C)CC1.[HH].[HH]. The minimum atomic E-state index is 0. The summed E-state index contributed by atoms with van der Waals surface area (Å²) in [6, 6.07) is 18.3. The van der Waals surface area contributed by atoms with Gasteiger partial charge in [-0.2, -0.15) is 4.98 Å². The maximum atomic E-state index is 6.31. The van der Waals surface area contributed by atoms with Crippen molar-refractivity contribution in [2.75, 3.05) is 31.8 Å². The zero-order chi connectivity index (χ0) is 24.9. The quantitative estimate of drug-likeness (QED) is 0.300. The molecule has 2 heterocycles. The van der Waals surface area contributed by atoms with Crippen LogP contribution >= 0.6 is 0 Å². The second-order valence-corrected chi connectivity index (χ2v) is 9.31. The van der Waals surface area contributed by atoms with Crippen molar-refractivity contribution < 1.29 is 12.3 Å². The predicted octanol–water partition coefficient (Wildman–Crippen LogP) is 6.26. The monoisotopic (exact) mass is 488 g/mol. The molecule has 0 saturated heterocycles. The number of hydrogen-bond acceptors (Lipinski definition) is 8. The van der Waals surface area contributed by atoms with Crippen molar-refractivity contribution in [3.05, 3.63) is 67.0 Å². The lowest BCUT2D eigenvalue weighted by Gasteiger charge is -2.33. The summed E-state index contributed by atoms with van der Waals surface area (Å²) in [6.45, 7) is 0. The molecule has 36 heavy (non-hydrogen) atoms. The lowest BCUT2D eigenvalue weighted by Crippen LogP contribution is -2.35. The van der Waals surface area contributed by atoms with Gasteiger partial charge in [0.2, 0.25) is 5.95 Å². The molecule has 0 aliphatic heterocycles. The molecule has 190 valence electrons. The Balaban J connectivity index is 0.00000200. The van der Waals surface area contributed by atoms with Crippen molar-refractivity contribution in [2.24, 2.45) is 0 Å². The second-order valence-electron chi connectivity index (χ2n) is 9.31. The molecule has 0 unspecified atom stereocenters. The summed E-state index contributed by atoms with van der Waals surface area (Å²) >= 11 is 0. The molecule has 0 bridgehead atoms. The maximum Gasteiger partial charge on any atom is 0.229 e. The van der Waals surface area contributed by atoms with E-state index in [1.165, 1.54) is 0 Å². The van der Waals surface area contributed by atoms with Crippen LogP contribution in [-0.4, -0.2) is 53.2 Å². The van der Waals surface area contributed by atoms with Crippen LogP contribution in [0.15, 0.2) is 67.0 Å². The lowest BCUT2D eigenvalue weighted by molar-refractivity contribution is 0.108. The van der Waals surface area contributed by atoms with E-state index in [4.69, 9.17) is 9.47 Å². The number of nitrogens with one attached hydrogen (secondary N) is 2. The Hall–Kier alpha value is -3.91. The third-order valence-corrected chi connectivity index (χ3v) is 6.61. The van der Waals surface area contributed by atoms with Gasteiger partial charge in [-0.05, 0) is 70.1 Å². The van der Waals surface area contributed by atoms with Gasteiger partial charge in [0, 0.05) is 32.2 Å². The number of aromatic nitrogens is 3. The van der Waals surface area contributed by atoms with Gasteiger partial charge in [-0.3, -0.25) is 4.98 Å². The summed E-state index contributed by atoms with van der Waals surface area (Å²) in [4.78, 5) is 15.8. The van der Waals surface area contributed by atoms with Gasteiger partial charge in [0.1, 0.15) is 5.82 Å². The molecule has 8 nitrogen and oxygen atoms in total. The van der Waals surface area contributed by atoms with E-state index in [9.17, 15) is 0 Å². The molecule has 0 spiro atoms. The number of fused-ring (bicyclic) bond motifs is 1. The third-order valence-electron chi connectivity index (χ3n) is 6.61. The van der Waals surface area contributed by atoms with Gasteiger partial charge in [-0.15, -0.1) is 0 Å². The van der Waals surface area contributed by atoms with Crippen molar-refractivity contribution in [3.8, 4) is 11.5 Å². The predicted molar refractivity (Wildman–Crippen MR) is 148 cm³/mol. The number of hydrogen-bond donors (Lipinski definition) is 2. The van der Waals surface area contributed by atoms with Gasteiger partial charge in [-0.1, -0.05) is 18.2 Å². The van der Waals surface area contributed by atoms with Gasteiger partial charge in [0.15, 0.2) is 11.5 Å². The Morgan fingerprint density at radius 1 is 0.889 bits per heavy atom. The number of methoxy groups -OCH3 is 1. The normalized spacial score (nSPS) is 17.7. The molecular formula is C28H36N6O2. The molecule has 0 amide bonds. The molecule has 1 fully saturated rings. The standard InChI is InChI=1S/C28H32N6O2.2H2/c1-34(2)22-9-11-23(12-10-22)36-25-13-8-20(17-26(25)35-3)32-28-29-15-14-27(33-28)31-21-16-19-6-4-5-7-24(19)30-18-21;;/h4-8,13-18,22-23H,9-12H2,1-3H3,(H2,29,31,32,33);2*1H. The number of nitrogens with zero attached hydrogens (tertiary/aromatic N) is 4. The Bertz CT molecular complexity index is 1330. The minimum Gasteiger partial charge on any atom is -0.493 e. The molecule has 1 aliphatic rings. The van der Waals surface area contributed by atoms with Gasteiger partial charge < -0.3 is 25.0 Å². The number of anilines is 4. The summed E-state index contributed by atoms with van der Waals surface area (Å²) in [5.74, 6) is 2.60. The fraction of sp³-hybridized carbons (Fsp3) is 0.321. The van der Waals surface area contributed by atoms with Crippen molar-refractivity contribution in [3.63, 3.8) is 0 Å². The van der Waals surface area contributed by atoms with Gasteiger partial charge in [-0.25, -0.2) is 4.98 Å². The third kappa shape index (κ3) is 5.66. The highest BCUT2D eigenvalue weighted by atomic mass is 16.5. The smallest absolute Gasteiger partial charge is 0.229 e. The van der Waals surface area contributed by atoms with Crippen LogP contribution in [-0.2, 0) is 0 Å². The van der Waals surface area contributed by atoms with Crippen molar-refractivity contribution in [2.45, 2.75) is 37.8 Å². The fourth-order valence-corrected chi connectivity index (χ4v) is 4.61. The van der Waals surface area contributed by atoms with Crippen molar-refractivity contribution in [1.29, 1.82) is 0 Å². The second kappa shape index (κ2) is 10.8. The average Bonchev–Trinajstić information content (AvgIpc) is 2.90. The highest BCUT2D eigenvalue weighted by molar-refractivity contribution is 5.82. The summed E-state index contributed by atoms with van der Waals surface area (Å²) in [6.07, 6.45) is 8.12. The molecule has 2 aromatic carbocycles. The van der Waals surface area contributed by atoms with Gasteiger partial charge >= 0.3 is 0 Å². The molecule has 8 heteroatoms. The van der Waals surface area contributed by atoms with E-state index in [1.54, 1.807) is 19.5 Å². The Morgan fingerprint density at radius 3 is 2.53 bits per heavy atom. The van der Waals surface area contributed by atoms with Crippen LogP contribution in [0.3, 0.4) is 0 Å². The molecule has 1 aliphatic carbocycles. The van der Waals surface area contributed by atoms with Crippen LogP contribution in [0, 0.1) is 0 Å². The topological polar surface area (TPSA) is 84.4 Å². The summed E-state index contributed by atoms with van der Waals surface area (Å²) < 4.78 is 11.9. The molecule has 2 N–H and O–H groups in total. The van der Waals surface area contributed by atoms with E-state index < -0.39 is 0 Å². The van der Waals surface area contributed by atoms with Gasteiger partial charge in [0.25, 0.3) is 0 Å². The van der Waals surface area contributed by atoms with Crippen LogP contribution in [0.4, 0.5) is 23.1 Å². The molecule has 4 aromatic rings. The Kier molecular flexibility index (Phi) is 7.13. The number of rotatable bonds is 8.